The van der Waals surface area contributed by atoms with Gasteiger partial charge in [0, 0.05) is 22.5 Å². The molecule has 2 aliphatic rings. The highest BCUT2D eigenvalue weighted by atomic mass is 16.4. The zero-order valence-electron chi connectivity index (χ0n) is 18.4. The smallest absolute Gasteiger partial charge is 0.335 e. The molecule has 1 aromatic heterocycles. The van der Waals surface area contributed by atoms with Crippen molar-refractivity contribution in [2.75, 3.05) is 0 Å². The fourth-order valence-electron chi connectivity index (χ4n) is 5.61. The third-order valence-corrected chi connectivity index (χ3v) is 7.22. The summed E-state index contributed by atoms with van der Waals surface area (Å²) < 4.78 is 1.88. The van der Waals surface area contributed by atoms with Gasteiger partial charge in [-0.05, 0) is 43.0 Å². The highest BCUT2D eigenvalue weighted by molar-refractivity contribution is 6.02. The number of carboxylic acid groups (broad SMARTS) is 1. The number of aromatic carboxylic acids is 1. The summed E-state index contributed by atoms with van der Waals surface area (Å²) in [6, 6.07) is 18.7. The van der Waals surface area contributed by atoms with Gasteiger partial charge in [0.25, 0.3) is 0 Å². The van der Waals surface area contributed by atoms with Gasteiger partial charge in [-0.15, -0.1) is 0 Å². The number of Topliss-reactive ketones (excluding diaryl/α,β-unsaturated/α-hetero) is 1. The number of nitrogens with zero attached hydrogens (tertiary/aromatic N) is 3. The minimum Gasteiger partial charge on any atom is -0.478 e. The summed E-state index contributed by atoms with van der Waals surface area (Å²) in [5.74, 6) is -1.29. The van der Waals surface area contributed by atoms with E-state index in [0.717, 1.165) is 41.0 Å². The van der Waals surface area contributed by atoms with Crippen molar-refractivity contribution < 1.29 is 14.7 Å². The van der Waals surface area contributed by atoms with Crippen LogP contribution in [0.3, 0.4) is 0 Å². The van der Waals surface area contributed by atoms with Crippen LogP contribution < -0.4 is 0 Å². The minimum absolute atomic E-state index is 0.0481. The van der Waals surface area contributed by atoms with Crippen molar-refractivity contribution in [2.24, 2.45) is 11.8 Å². The molecule has 1 N–H and O–H groups in total. The predicted molar refractivity (Wildman–Crippen MR) is 123 cm³/mol. The average molecular weight is 437 g/mol. The molecule has 5 rings (SSSR count). The fourth-order valence-corrected chi connectivity index (χ4v) is 5.61. The first kappa shape index (κ1) is 20.9. The molecule has 0 amide bonds. The first-order chi connectivity index (χ1) is 15.8. The van der Waals surface area contributed by atoms with Crippen molar-refractivity contribution in [3.05, 3.63) is 83.1 Å². The molecule has 0 aliphatic heterocycles. The van der Waals surface area contributed by atoms with E-state index in [0.29, 0.717) is 0 Å². The molecule has 0 saturated carbocycles. The van der Waals surface area contributed by atoms with Gasteiger partial charge in [-0.2, -0.15) is 10.4 Å². The second kappa shape index (κ2) is 7.56. The highest BCUT2D eigenvalue weighted by Crippen LogP contribution is 2.52. The summed E-state index contributed by atoms with van der Waals surface area (Å²) in [7, 11) is 0. The molecule has 2 aromatic carbocycles. The van der Waals surface area contributed by atoms with Crippen LogP contribution >= 0.6 is 0 Å². The Kier molecular flexibility index (Phi) is 4.79. The van der Waals surface area contributed by atoms with Gasteiger partial charge in [-0.1, -0.05) is 50.3 Å². The number of benzene rings is 2. The molecule has 0 saturated heterocycles. The van der Waals surface area contributed by atoms with Crippen LogP contribution in [0.1, 0.15) is 41.9 Å². The third kappa shape index (κ3) is 3.12. The Balaban J connectivity index is 1.79. The molecule has 2 aliphatic carbocycles. The predicted octanol–water partition coefficient (Wildman–Crippen LogP) is 4.73. The monoisotopic (exact) mass is 437 g/mol. The number of hydrogen-bond acceptors (Lipinski definition) is 4. The van der Waals surface area contributed by atoms with E-state index in [1.54, 1.807) is 24.3 Å². The van der Waals surface area contributed by atoms with Crippen LogP contribution in [-0.2, 0) is 16.6 Å². The number of carbonyl (C=O) groups excluding carboxylic acids is 1. The first-order valence-electron chi connectivity index (χ1n) is 11.0. The molecule has 33 heavy (non-hydrogen) atoms. The standard InChI is InChI=1S/C27H23N3O3/c1-16-22-13-12-21-23(17-6-4-3-5-7-17)29-30(20-10-8-18(9-11-20)26(32)33)25(21)27(22,2)14-19(15-28)24(16)31/h3-11,14,16,22H,12-13H2,1-2H3,(H,32,33)/t16-,22-,27-/m1/s1. The molecule has 6 heteroatoms. The van der Waals surface area contributed by atoms with Crippen molar-refractivity contribution in [2.45, 2.75) is 32.1 Å². The summed E-state index contributed by atoms with van der Waals surface area (Å²) in [6.45, 7) is 4.01. The normalized spacial score (nSPS) is 23.8. The number of allylic oxidation sites excluding steroid dienone is 2. The number of fused-ring (bicyclic) bond motifs is 3. The second-order valence-electron chi connectivity index (χ2n) is 9.06. The summed E-state index contributed by atoms with van der Waals surface area (Å²) in [5.41, 5.74) is 4.55. The highest BCUT2D eigenvalue weighted by Gasteiger charge is 2.50. The Labute approximate surface area is 191 Å². The molecule has 164 valence electrons. The van der Waals surface area contributed by atoms with E-state index in [-0.39, 0.29) is 28.8 Å². The molecule has 0 fully saturated rings. The van der Waals surface area contributed by atoms with Crippen LogP contribution in [0.2, 0.25) is 0 Å². The van der Waals surface area contributed by atoms with E-state index < -0.39 is 11.4 Å². The fraction of sp³-hybridized carbons (Fsp3) is 0.259. The number of carboxylic acids is 1. The van der Waals surface area contributed by atoms with E-state index in [2.05, 4.69) is 13.0 Å². The quantitative estimate of drug-likeness (QED) is 0.639. The molecule has 0 spiro atoms. The molecule has 1 heterocycles. The largest absolute Gasteiger partial charge is 0.478 e. The van der Waals surface area contributed by atoms with Gasteiger partial charge in [0.05, 0.1) is 28.2 Å². The minimum atomic E-state index is -0.984. The molecule has 3 atom stereocenters. The number of carbonyl (C=O) groups is 2. The molecule has 3 aromatic rings. The molecular formula is C27H23N3O3. The van der Waals surface area contributed by atoms with E-state index in [1.165, 1.54) is 0 Å². The molecule has 6 nitrogen and oxygen atoms in total. The zero-order chi connectivity index (χ0) is 23.3. The van der Waals surface area contributed by atoms with Crippen LogP contribution in [0, 0.1) is 23.2 Å². The average Bonchev–Trinajstić information content (AvgIpc) is 3.23. The zero-order valence-corrected chi connectivity index (χ0v) is 18.4. The number of aromatic nitrogens is 2. The van der Waals surface area contributed by atoms with E-state index in [4.69, 9.17) is 5.10 Å². The van der Waals surface area contributed by atoms with Crippen molar-refractivity contribution in [1.82, 2.24) is 9.78 Å². The molecular weight excluding hydrogens is 414 g/mol. The lowest BCUT2D eigenvalue weighted by molar-refractivity contribution is -0.121. The van der Waals surface area contributed by atoms with Gasteiger partial charge in [0.2, 0.25) is 0 Å². The van der Waals surface area contributed by atoms with E-state index >= 15 is 0 Å². The molecule has 0 radical (unpaired) electrons. The van der Waals surface area contributed by atoms with Gasteiger partial charge >= 0.3 is 5.97 Å². The second-order valence-corrected chi connectivity index (χ2v) is 9.06. The van der Waals surface area contributed by atoms with Gasteiger partial charge in [-0.25, -0.2) is 9.48 Å². The van der Waals surface area contributed by atoms with Gasteiger partial charge in [0.1, 0.15) is 6.07 Å². The van der Waals surface area contributed by atoms with Gasteiger partial charge in [-0.3, -0.25) is 4.79 Å². The lowest BCUT2D eigenvalue weighted by atomic mass is 9.57. The number of nitriles is 1. The van der Waals surface area contributed by atoms with Crippen LogP contribution in [0.25, 0.3) is 16.9 Å². The maximum absolute atomic E-state index is 12.8. The van der Waals surface area contributed by atoms with Crippen molar-refractivity contribution >= 4 is 11.8 Å². The summed E-state index contributed by atoms with van der Waals surface area (Å²) in [5, 5.41) is 24.0. The number of ketones is 1. The SMILES string of the molecule is C[C@H]1C(=O)C(C#N)=C[C@@]2(C)c3c(c(-c4ccccc4)nn3-c3ccc(C(=O)O)cc3)CC[C@H]12. The summed E-state index contributed by atoms with van der Waals surface area (Å²) >= 11 is 0. The molecule has 0 bridgehead atoms. The number of rotatable bonds is 3. The summed E-state index contributed by atoms with van der Waals surface area (Å²) in [4.78, 5) is 24.1. The lowest BCUT2D eigenvalue weighted by Gasteiger charge is -2.45. The maximum atomic E-state index is 12.8. The lowest BCUT2D eigenvalue weighted by Crippen LogP contribution is -2.46. The first-order valence-corrected chi connectivity index (χ1v) is 11.0. The van der Waals surface area contributed by atoms with Crippen LogP contribution in [0.5, 0.6) is 0 Å². The Morgan fingerprint density at radius 1 is 1.18 bits per heavy atom. The Bertz CT molecular complexity index is 1350. The van der Waals surface area contributed by atoms with Crippen molar-refractivity contribution in [1.29, 1.82) is 5.26 Å². The van der Waals surface area contributed by atoms with Gasteiger partial charge < -0.3 is 5.11 Å². The van der Waals surface area contributed by atoms with Crippen LogP contribution in [0.15, 0.2) is 66.2 Å². The Hall–Kier alpha value is -3.98. The van der Waals surface area contributed by atoms with E-state index in [1.807, 2.05) is 48.0 Å². The topological polar surface area (TPSA) is 96.0 Å². The van der Waals surface area contributed by atoms with Crippen molar-refractivity contribution in [3.8, 4) is 23.0 Å². The maximum Gasteiger partial charge on any atom is 0.335 e. The third-order valence-electron chi connectivity index (χ3n) is 7.22. The molecule has 0 unspecified atom stereocenters. The Morgan fingerprint density at radius 3 is 2.52 bits per heavy atom. The summed E-state index contributed by atoms with van der Waals surface area (Å²) in [6.07, 6.45) is 3.44. The Morgan fingerprint density at radius 2 is 1.88 bits per heavy atom. The van der Waals surface area contributed by atoms with Crippen molar-refractivity contribution in [3.63, 3.8) is 0 Å². The van der Waals surface area contributed by atoms with Crippen LogP contribution in [-0.4, -0.2) is 26.6 Å². The number of hydrogen-bond donors (Lipinski definition) is 1. The van der Waals surface area contributed by atoms with E-state index in [9.17, 15) is 20.0 Å². The van der Waals surface area contributed by atoms with Crippen LogP contribution in [0.4, 0.5) is 0 Å². The van der Waals surface area contributed by atoms with Gasteiger partial charge in [0.15, 0.2) is 5.78 Å².